The minimum Gasteiger partial charge on any atom is -0.360 e. The third kappa shape index (κ3) is 4.24. The predicted octanol–water partition coefficient (Wildman–Crippen LogP) is 4.94. The van der Waals surface area contributed by atoms with Crippen LogP contribution in [0.2, 0.25) is 10.0 Å². The maximum atomic E-state index is 14.4. The molecule has 0 fully saturated rings. The largest absolute Gasteiger partial charge is 0.360 e. The molecule has 7 nitrogen and oxygen atoms in total. The van der Waals surface area contributed by atoms with Crippen LogP contribution < -0.4 is 5.32 Å². The smallest absolute Gasteiger partial charge is 0.291 e. The highest BCUT2D eigenvalue weighted by atomic mass is 35.5. The van der Waals surface area contributed by atoms with E-state index in [1.165, 1.54) is 18.3 Å². The molecule has 3 heterocycles. The number of rotatable bonds is 5. The third-order valence-corrected chi connectivity index (χ3v) is 5.63. The maximum absolute atomic E-state index is 14.4. The van der Waals surface area contributed by atoms with Crippen LogP contribution in [0.4, 0.5) is 8.78 Å². The van der Waals surface area contributed by atoms with Gasteiger partial charge in [-0.1, -0.05) is 23.2 Å². The highest BCUT2D eigenvalue weighted by Gasteiger charge is 2.15. The summed E-state index contributed by atoms with van der Waals surface area (Å²) in [7, 11) is 0. The predicted molar refractivity (Wildman–Crippen MR) is 120 cm³/mol. The molecule has 2 aromatic carbocycles. The van der Waals surface area contributed by atoms with Gasteiger partial charge in [0.1, 0.15) is 23.0 Å². The normalized spacial score (nSPS) is 11.4. The topological polar surface area (TPSA) is 99.3 Å². The molecule has 0 aliphatic carbocycles. The van der Waals surface area contributed by atoms with Crippen LogP contribution in [0.15, 0.2) is 42.7 Å². The molecule has 0 unspecified atom stereocenters. The van der Waals surface area contributed by atoms with Crippen LogP contribution in [0.3, 0.4) is 0 Å². The summed E-state index contributed by atoms with van der Waals surface area (Å²) in [5.74, 6) is -1.31. The van der Waals surface area contributed by atoms with Crippen LogP contribution in [0.25, 0.3) is 21.8 Å². The molecule has 0 radical (unpaired) electrons. The van der Waals surface area contributed by atoms with E-state index in [0.29, 0.717) is 37.7 Å². The van der Waals surface area contributed by atoms with Crippen molar-refractivity contribution in [1.82, 2.24) is 30.5 Å². The lowest BCUT2D eigenvalue weighted by molar-refractivity contribution is 0.0940. The van der Waals surface area contributed by atoms with Gasteiger partial charge in [0.05, 0.1) is 10.0 Å². The number of pyridine rings is 1. The minimum atomic E-state index is -0.585. The zero-order valence-electron chi connectivity index (χ0n) is 16.7. The first kappa shape index (κ1) is 21.3. The van der Waals surface area contributed by atoms with Crippen molar-refractivity contribution in [2.45, 2.75) is 13.0 Å². The molecule has 166 valence electrons. The Kier molecular flexibility index (Phi) is 5.43. The number of aromatic nitrogens is 5. The summed E-state index contributed by atoms with van der Waals surface area (Å²) >= 11 is 12.0. The fourth-order valence-corrected chi connectivity index (χ4v) is 3.93. The second-order valence-electron chi connectivity index (χ2n) is 7.39. The van der Waals surface area contributed by atoms with E-state index in [-0.39, 0.29) is 29.9 Å². The molecule has 1 amide bonds. The monoisotopic (exact) mass is 486 g/mol. The van der Waals surface area contributed by atoms with E-state index in [2.05, 4.69) is 30.5 Å². The van der Waals surface area contributed by atoms with Crippen LogP contribution in [-0.4, -0.2) is 31.1 Å². The number of carbonyl (C=O) groups excluding carboxylic acids is 1. The first-order valence-corrected chi connectivity index (χ1v) is 10.5. The Morgan fingerprint density at radius 2 is 1.94 bits per heavy atom. The van der Waals surface area contributed by atoms with Crippen molar-refractivity contribution in [3.63, 3.8) is 0 Å². The van der Waals surface area contributed by atoms with E-state index in [1.807, 2.05) is 0 Å². The van der Waals surface area contributed by atoms with Gasteiger partial charge in [-0.05, 0) is 35.9 Å². The first-order valence-electron chi connectivity index (χ1n) is 9.75. The van der Waals surface area contributed by atoms with E-state index in [9.17, 15) is 13.6 Å². The Morgan fingerprint density at radius 1 is 1.09 bits per heavy atom. The van der Waals surface area contributed by atoms with Crippen molar-refractivity contribution in [3.8, 4) is 0 Å². The molecule has 33 heavy (non-hydrogen) atoms. The summed E-state index contributed by atoms with van der Waals surface area (Å²) in [5, 5.41) is 11.2. The zero-order chi connectivity index (χ0) is 23.1. The van der Waals surface area contributed by atoms with Gasteiger partial charge in [0.2, 0.25) is 5.82 Å². The number of carbonyl (C=O) groups is 1. The number of fused-ring (bicyclic) bond motifs is 2. The van der Waals surface area contributed by atoms with Crippen LogP contribution >= 0.6 is 23.2 Å². The highest BCUT2D eigenvalue weighted by molar-refractivity contribution is 6.35. The number of halogens is 4. The molecule has 0 saturated heterocycles. The average molecular weight is 487 g/mol. The van der Waals surface area contributed by atoms with E-state index < -0.39 is 17.5 Å². The molecule has 0 saturated carbocycles. The quantitative estimate of drug-likeness (QED) is 0.327. The van der Waals surface area contributed by atoms with Crippen molar-refractivity contribution < 1.29 is 13.6 Å². The molecular weight excluding hydrogens is 473 g/mol. The standard InChI is InChI=1S/C22H14Cl2F2N6O/c23-13-4-11-1-10(2-17(26)20(11)28-8-13)3-19-30-21(32-31-19)22(33)29-7-12-5-14-15(24)9-27-18(14)6-16(12)25/h1-2,4-6,8-9,27H,3,7H2,(H,29,33)(H,30,31,32). The molecule has 5 aromatic rings. The van der Waals surface area contributed by atoms with Crippen molar-refractivity contribution >= 4 is 50.9 Å². The van der Waals surface area contributed by atoms with Crippen molar-refractivity contribution in [1.29, 1.82) is 0 Å². The van der Waals surface area contributed by atoms with Gasteiger partial charge in [0.15, 0.2) is 0 Å². The van der Waals surface area contributed by atoms with E-state index in [1.54, 1.807) is 24.4 Å². The van der Waals surface area contributed by atoms with Crippen LogP contribution in [-0.2, 0) is 13.0 Å². The Labute approximate surface area is 195 Å². The first-order chi connectivity index (χ1) is 15.9. The summed E-state index contributed by atoms with van der Waals surface area (Å²) in [6.07, 6.45) is 3.15. The number of aromatic amines is 2. The van der Waals surface area contributed by atoms with Gasteiger partial charge in [-0.2, -0.15) is 0 Å². The third-order valence-electron chi connectivity index (χ3n) is 5.11. The van der Waals surface area contributed by atoms with E-state index in [4.69, 9.17) is 23.2 Å². The van der Waals surface area contributed by atoms with Gasteiger partial charge < -0.3 is 10.3 Å². The fraction of sp³-hybridized carbons (Fsp3) is 0.0909. The summed E-state index contributed by atoms with van der Waals surface area (Å²) in [6, 6.07) is 7.59. The molecule has 5 rings (SSSR count). The second kappa shape index (κ2) is 8.42. The molecule has 11 heteroatoms. The van der Waals surface area contributed by atoms with E-state index in [0.717, 1.165) is 0 Å². The van der Waals surface area contributed by atoms with Crippen molar-refractivity contribution in [2.24, 2.45) is 0 Å². The summed E-state index contributed by atoms with van der Waals surface area (Å²) in [4.78, 5) is 23.5. The Bertz CT molecular complexity index is 1530. The molecule has 0 spiro atoms. The minimum absolute atomic E-state index is 0.0738. The van der Waals surface area contributed by atoms with Gasteiger partial charge in [-0.25, -0.2) is 13.8 Å². The van der Waals surface area contributed by atoms with Gasteiger partial charge in [0.25, 0.3) is 5.91 Å². The molecule has 0 atom stereocenters. The van der Waals surface area contributed by atoms with Gasteiger partial charge in [0, 0.05) is 47.2 Å². The number of hydrogen-bond donors (Lipinski definition) is 3. The van der Waals surface area contributed by atoms with Crippen LogP contribution in [0, 0.1) is 11.6 Å². The average Bonchev–Trinajstić information content (AvgIpc) is 3.38. The lowest BCUT2D eigenvalue weighted by Crippen LogP contribution is -2.24. The van der Waals surface area contributed by atoms with Crippen LogP contribution in [0.5, 0.6) is 0 Å². The SMILES string of the molecule is O=C(NCc1cc2c(Cl)c[nH]c2cc1F)c1n[nH]c(Cc2cc(F)c3ncc(Cl)cc3c2)n1. The summed E-state index contributed by atoms with van der Waals surface area (Å²) in [5.41, 5.74) is 1.65. The summed E-state index contributed by atoms with van der Waals surface area (Å²) < 4.78 is 28.7. The van der Waals surface area contributed by atoms with Crippen molar-refractivity contribution in [3.05, 3.63) is 87.2 Å². The lowest BCUT2D eigenvalue weighted by Gasteiger charge is -2.05. The molecule has 3 N–H and O–H groups in total. The number of nitrogens with one attached hydrogen (secondary N) is 3. The fourth-order valence-electron chi connectivity index (χ4n) is 3.55. The number of benzene rings is 2. The van der Waals surface area contributed by atoms with Crippen LogP contribution in [0.1, 0.15) is 27.6 Å². The van der Waals surface area contributed by atoms with Crippen molar-refractivity contribution in [2.75, 3.05) is 0 Å². The molecule has 3 aromatic heterocycles. The number of amides is 1. The number of hydrogen-bond acceptors (Lipinski definition) is 4. The van der Waals surface area contributed by atoms with Gasteiger partial charge in [-0.15, -0.1) is 5.10 Å². The number of nitrogens with zero attached hydrogens (tertiary/aromatic N) is 3. The molecule has 0 aliphatic heterocycles. The maximum Gasteiger partial charge on any atom is 0.291 e. The second-order valence-corrected chi connectivity index (χ2v) is 8.24. The Hall–Kier alpha value is -3.56. The summed E-state index contributed by atoms with van der Waals surface area (Å²) in [6.45, 7) is -0.0738. The molecular formula is C22H14Cl2F2N6O. The van der Waals surface area contributed by atoms with Gasteiger partial charge >= 0.3 is 0 Å². The molecule has 0 aliphatic rings. The molecule has 0 bridgehead atoms. The lowest BCUT2D eigenvalue weighted by atomic mass is 10.1. The Morgan fingerprint density at radius 3 is 2.79 bits per heavy atom. The highest BCUT2D eigenvalue weighted by Crippen LogP contribution is 2.26. The van der Waals surface area contributed by atoms with E-state index >= 15 is 0 Å². The Balaban J connectivity index is 1.30. The zero-order valence-corrected chi connectivity index (χ0v) is 18.2. The van der Waals surface area contributed by atoms with Gasteiger partial charge in [-0.3, -0.25) is 14.9 Å². The number of H-pyrrole nitrogens is 2.